The summed E-state index contributed by atoms with van der Waals surface area (Å²) in [6, 6.07) is -0.560. The lowest BCUT2D eigenvalue weighted by atomic mass is 9.98. The first kappa shape index (κ1) is 14.2. The molecule has 21 heavy (non-hydrogen) atoms. The second-order valence-corrected chi connectivity index (χ2v) is 7.52. The molecule has 1 saturated heterocycles. The van der Waals surface area contributed by atoms with Crippen LogP contribution in [0.5, 0.6) is 0 Å². The minimum absolute atomic E-state index is 0.0885. The molecule has 1 N–H and O–H groups in total. The number of thiazole rings is 1. The Bertz CT molecular complexity index is 644. The first-order valence-electron chi connectivity index (χ1n) is 6.92. The third kappa shape index (κ3) is 2.35. The van der Waals surface area contributed by atoms with E-state index in [0.29, 0.717) is 18.7 Å². The SMILES string of the molecule is CC(C)(C)c1nc2c(s1)CN(C1CCC(=O)NC1=O)C2=O. The van der Waals surface area contributed by atoms with E-state index >= 15 is 0 Å². The summed E-state index contributed by atoms with van der Waals surface area (Å²) in [5.41, 5.74) is 0.379. The van der Waals surface area contributed by atoms with E-state index in [4.69, 9.17) is 0 Å². The highest BCUT2D eigenvalue weighted by atomic mass is 32.1. The van der Waals surface area contributed by atoms with Crippen molar-refractivity contribution in [1.29, 1.82) is 0 Å². The normalized spacial score (nSPS) is 22.5. The number of hydrogen-bond acceptors (Lipinski definition) is 5. The van der Waals surface area contributed by atoms with Gasteiger partial charge in [0, 0.05) is 11.8 Å². The predicted molar refractivity (Wildman–Crippen MR) is 76.9 cm³/mol. The Morgan fingerprint density at radius 1 is 1.29 bits per heavy atom. The lowest BCUT2D eigenvalue weighted by Gasteiger charge is -2.29. The van der Waals surface area contributed by atoms with E-state index in [9.17, 15) is 14.4 Å². The van der Waals surface area contributed by atoms with Crippen LogP contribution in [0.15, 0.2) is 0 Å². The Hall–Kier alpha value is -1.76. The van der Waals surface area contributed by atoms with E-state index in [0.717, 1.165) is 9.88 Å². The van der Waals surface area contributed by atoms with Gasteiger partial charge in [-0.2, -0.15) is 0 Å². The second-order valence-electron chi connectivity index (χ2n) is 6.44. The number of nitrogens with zero attached hydrogens (tertiary/aromatic N) is 2. The van der Waals surface area contributed by atoms with Gasteiger partial charge < -0.3 is 4.90 Å². The number of rotatable bonds is 1. The predicted octanol–water partition coefficient (Wildman–Crippen LogP) is 1.20. The Morgan fingerprint density at radius 2 is 2.00 bits per heavy atom. The zero-order valence-corrected chi connectivity index (χ0v) is 13.0. The number of imide groups is 1. The van der Waals surface area contributed by atoms with Crippen LogP contribution in [0, 0.1) is 0 Å². The Kier molecular flexibility index (Phi) is 3.12. The minimum atomic E-state index is -0.560. The first-order chi connectivity index (χ1) is 9.77. The Balaban J connectivity index is 1.83. The van der Waals surface area contributed by atoms with Crippen molar-refractivity contribution in [2.45, 2.75) is 51.6 Å². The fourth-order valence-corrected chi connectivity index (χ4v) is 3.65. The van der Waals surface area contributed by atoms with Crippen molar-refractivity contribution in [2.75, 3.05) is 0 Å². The number of aromatic nitrogens is 1. The number of piperidine rings is 1. The molecule has 0 radical (unpaired) electrons. The topological polar surface area (TPSA) is 79.4 Å². The van der Waals surface area contributed by atoms with Gasteiger partial charge in [0.15, 0.2) is 0 Å². The molecule has 1 aromatic rings. The summed E-state index contributed by atoms with van der Waals surface area (Å²) in [6.45, 7) is 6.59. The molecule has 1 fully saturated rings. The lowest BCUT2D eigenvalue weighted by molar-refractivity contribution is -0.136. The van der Waals surface area contributed by atoms with Crippen molar-refractivity contribution in [3.8, 4) is 0 Å². The zero-order chi connectivity index (χ0) is 15.4. The van der Waals surface area contributed by atoms with Crippen molar-refractivity contribution in [1.82, 2.24) is 15.2 Å². The molecule has 0 aromatic carbocycles. The molecule has 3 heterocycles. The van der Waals surface area contributed by atoms with E-state index in [1.165, 1.54) is 16.2 Å². The molecule has 0 spiro atoms. The summed E-state index contributed by atoms with van der Waals surface area (Å²) < 4.78 is 0. The summed E-state index contributed by atoms with van der Waals surface area (Å²) in [6.07, 6.45) is 0.659. The molecule has 1 unspecified atom stereocenters. The van der Waals surface area contributed by atoms with Crippen LogP contribution in [-0.2, 0) is 21.5 Å². The quantitative estimate of drug-likeness (QED) is 0.791. The standard InChI is InChI=1S/C14H17N3O3S/c1-14(2,3)13-16-10-8(21-13)6-17(12(10)20)7-4-5-9(18)15-11(7)19/h7H,4-6H2,1-3H3,(H,15,18,19). The molecule has 6 nitrogen and oxygen atoms in total. The summed E-state index contributed by atoms with van der Waals surface area (Å²) in [4.78, 5) is 42.5. The molecular weight excluding hydrogens is 290 g/mol. The summed E-state index contributed by atoms with van der Waals surface area (Å²) in [5, 5.41) is 3.23. The summed E-state index contributed by atoms with van der Waals surface area (Å²) in [7, 11) is 0. The van der Waals surface area contributed by atoms with Crippen molar-refractivity contribution >= 4 is 29.1 Å². The average molecular weight is 307 g/mol. The second kappa shape index (κ2) is 4.62. The van der Waals surface area contributed by atoms with Crippen LogP contribution in [-0.4, -0.2) is 33.6 Å². The van der Waals surface area contributed by atoms with Gasteiger partial charge >= 0.3 is 0 Å². The Morgan fingerprint density at radius 3 is 2.57 bits per heavy atom. The van der Waals surface area contributed by atoms with Crippen LogP contribution < -0.4 is 5.32 Å². The number of hydrogen-bond donors (Lipinski definition) is 1. The number of carbonyl (C=O) groups is 3. The molecule has 0 aliphatic carbocycles. The highest BCUT2D eigenvalue weighted by Gasteiger charge is 2.41. The number of carbonyl (C=O) groups excluding carboxylic acids is 3. The third-order valence-electron chi connectivity index (χ3n) is 3.70. The molecule has 2 aliphatic heterocycles. The van der Waals surface area contributed by atoms with E-state index < -0.39 is 6.04 Å². The smallest absolute Gasteiger partial charge is 0.274 e. The van der Waals surface area contributed by atoms with E-state index in [1.807, 2.05) is 0 Å². The van der Waals surface area contributed by atoms with Crippen molar-refractivity contribution in [3.05, 3.63) is 15.6 Å². The number of fused-ring (bicyclic) bond motifs is 1. The molecule has 112 valence electrons. The van der Waals surface area contributed by atoms with Gasteiger partial charge in [0.1, 0.15) is 11.7 Å². The highest BCUT2D eigenvalue weighted by Crippen LogP contribution is 2.35. The highest BCUT2D eigenvalue weighted by molar-refractivity contribution is 7.12. The van der Waals surface area contributed by atoms with Gasteiger partial charge in [0.25, 0.3) is 5.91 Å². The number of amides is 3. The maximum atomic E-state index is 12.5. The van der Waals surface area contributed by atoms with Gasteiger partial charge in [-0.05, 0) is 6.42 Å². The van der Waals surface area contributed by atoms with Gasteiger partial charge in [-0.1, -0.05) is 20.8 Å². The van der Waals surface area contributed by atoms with Crippen LogP contribution in [0.25, 0.3) is 0 Å². The maximum Gasteiger partial charge on any atom is 0.274 e. The molecule has 3 amide bonds. The molecule has 3 rings (SSSR count). The molecule has 0 saturated carbocycles. The van der Waals surface area contributed by atoms with Crippen molar-refractivity contribution in [3.63, 3.8) is 0 Å². The summed E-state index contributed by atoms with van der Waals surface area (Å²) >= 11 is 1.53. The van der Waals surface area contributed by atoms with E-state index in [1.54, 1.807) is 0 Å². The van der Waals surface area contributed by atoms with Gasteiger partial charge in [-0.15, -0.1) is 11.3 Å². The van der Waals surface area contributed by atoms with Crippen LogP contribution in [0.4, 0.5) is 0 Å². The van der Waals surface area contributed by atoms with Crippen LogP contribution >= 0.6 is 11.3 Å². The minimum Gasteiger partial charge on any atom is -0.320 e. The molecule has 0 bridgehead atoms. The van der Waals surface area contributed by atoms with Crippen LogP contribution in [0.1, 0.15) is 54.0 Å². The number of nitrogens with one attached hydrogen (secondary N) is 1. The largest absolute Gasteiger partial charge is 0.320 e. The fourth-order valence-electron chi connectivity index (χ4n) is 2.54. The van der Waals surface area contributed by atoms with Gasteiger partial charge in [0.05, 0.1) is 16.4 Å². The van der Waals surface area contributed by atoms with Crippen LogP contribution in [0.3, 0.4) is 0 Å². The van der Waals surface area contributed by atoms with Gasteiger partial charge in [-0.3, -0.25) is 19.7 Å². The van der Waals surface area contributed by atoms with Crippen molar-refractivity contribution < 1.29 is 14.4 Å². The molecule has 1 atom stereocenters. The van der Waals surface area contributed by atoms with E-state index in [-0.39, 0.29) is 29.6 Å². The van der Waals surface area contributed by atoms with Gasteiger partial charge in [-0.25, -0.2) is 4.98 Å². The van der Waals surface area contributed by atoms with E-state index in [2.05, 4.69) is 31.1 Å². The maximum absolute atomic E-state index is 12.5. The average Bonchev–Trinajstić information content (AvgIpc) is 2.90. The van der Waals surface area contributed by atoms with Crippen molar-refractivity contribution in [2.24, 2.45) is 0 Å². The summed E-state index contributed by atoms with van der Waals surface area (Å²) in [5.74, 6) is -0.858. The molecule has 1 aromatic heterocycles. The fraction of sp³-hybridized carbons (Fsp3) is 0.571. The Labute approximate surface area is 126 Å². The third-order valence-corrected chi connectivity index (χ3v) is 5.17. The molecular formula is C14H17N3O3S. The molecule has 7 heteroatoms. The van der Waals surface area contributed by atoms with Gasteiger partial charge in [0.2, 0.25) is 11.8 Å². The monoisotopic (exact) mass is 307 g/mol. The zero-order valence-electron chi connectivity index (χ0n) is 12.2. The molecule has 2 aliphatic rings. The first-order valence-corrected chi connectivity index (χ1v) is 7.74. The van der Waals surface area contributed by atoms with Crippen LogP contribution in [0.2, 0.25) is 0 Å². The lowest BCUT2D eigenvalue weighted by Crippen LogP contribution is -2.52.